The Morgan fingerprint density at radius 2 is 1.43 bits per heavy atom. The number of aromatic hydroxyl groups is 3. The average Bonchev–Trinajstić information content (AvgIpc) is 2.84. The Balaban J connectivity index is 1.56. The van der Waals surface area contributed by atoms with Crippen LogP contribution in [0.15, 0.2) is 54.6 Å². The van der Waals surface area contributed by atoms with Gasteiger partial charge in [0.25, 0.3) is 0 Å². The summed E-state index contributed by atoms with van der Waals surface area (Å²) >= 11 is 0. The number of aliphatic hydroxyl groups excluding tert-OH is 3. The highest BCUT2D eigenvalue weighted by molar-refractivity contribution is 5.87. The van der Waals surface area contributed by atoms with E-state index < -0.39 is 49.3 Å². The lowest BCUT2D eigenvalue weighted by atomic mass is 9.99. The standard InChI is InChI=1S/C24H24O11/c25-15-6-1-13(2-7-15)4-9-19(28)33-12-18-21(30)22(31)23(32)24(34-18)35-20(29)10-5-14-3-8-16(26)17(27)11-14/h1-11,18,21-27,30-32H,12H2/t18-,21-,22-,23-,24-/m0/s1. The second kappa shape index (κ2) is 11.5. The van der Waals surface area contributed by atoms with Crippen molar-refractivity contribution in [3.05, 3.63) is 65.7 Å². The van der Waals surface area contributed by atoms with E-state index in [1.807, 2.05) is 0 Å². The molecule has 186 valence electrons. The lowest BCUT2D eigenvalue weighted by Crippen LogP contribution is -2.59. The quantitative estimate of drug-likeness (QED) is 0.180. The maximum atomic E-state index is 12.1. The van der Waals surface area contributed by atoms with Crippen LogP contribution in [0.2, 0.25) is 0 Å². The van der Waals surface area contributed by atoms with Gasteiger partial charge in [-0.05, 0) is 47.5 Å². The van der Waals surface area contributed by atoms with Crippen LogP contribution in [0, 0.1) is 0 Å². The van der Waals surface area contributed by atoms with E-state index in [4.69, 9.17) is 14.2 Å². The molecule has 2 aromatic rings. The van der Waals surface area contributed by atoms with Crippen LogP contribution >= 0.6 is 0 Å². The fourth-order valence-electron chi connectivity index (χ4n) is 3.08. The summed E-state index contributed by atoms with van der Waals surface area (Å²) in [6.07, 6.45) is -3.38. The van der Waals surface area contributed by atoms with E-state index >= 15 is 0 Å². The molecule has 0 unspecified atom stereocenters. The normalized spacial score (nSPS) is 24.5. The molecule has 2 aromatic carbocycles. The van der Waals surface area contributed by atoms with Gasteiger partial charge in [-0.3, -0.25) is 0 Å². The van der Waals surface area contributed by atoms with Crippen LogP contribution in [0.1, 0.15) is 11.1 Å². The Kier molecular flexibility index (Phi) is 8.44. The minimum absolute atomic E-state index is 0.0688. The zero-order valence-corrected chi connectivity index (χ0v) is 18.2. The molecular formula is C24H24O11. The highest BCUT2D eigenvalue weighted by atomic mass is 16.7. The van der Waals surface area contributed by atoms with Gasteiger partial charge in [-0.25, -0.2) is 9.59 Å². The predicted molar refractivity (Wildman–Crippen MR) is 120 cm³/mol. The van der Waals surface area contributed by atoms with E-state index in [0.717, 1.165) is 12.2 Å². The lowest BCUT2D eigenvalue weighted by molar-refractivity contribution is -0.291. The molecule has 11 nitrogen and oxygen atoms in total. The van der Waals surface area contributed by atoms with Crippen LogP contribution in [0.4, 0.5) is 0 Å². The van der Waals surface area contributed by atoms with Gasteiger partial charge in [-0.2, -0.15) is 0 Å². The number of ether oxygens (including phenoxy) is 3. The third-order valence-electron chi connectivity index (χ3n) is 5.01. The number of aliphatic hydroxyl groups is 3. The second-order valence-corrected chi connectivity index (χ2v) is 7.59. The molecule has 0 radical (unpaired) electrons. The van der Waals surface area contributed by atoms with Crippen molar-refractivity contribution in [2.75, 3.05) is 6.61 Å². The van der Waals surface area contributed by atoms with E-state index in [1.54, 1.807) is 12.1 Å². The molecule has 35 heavy (non-hydrogen) atoms. The summed E-state index contributed by atoms with van der Waals surface area (Å²) in [7, 11) is 0. The summed E-state index contributed by atoms with van der Waals surface area (Å²) in [4.78, 5) is 24.1. The molecule has 0 amide bonds. The molecule has 1 aliphatic heterocycles. The number of carbonyl (C=O) groups is 2. The maximum Gasteiger partial charge on any atom is 0.333 e. The molecule has 1 aliphatic rings. The van der Waals surface area contributed by atoms with Crippen molar-refractivity contribution in [1.29, 1.82) is 0 Å². The SMILES string of the molecule is O=C(C=Cc1ccc(O)cc1)OC[C@@H]1O[C@@H](OC(=O)C=Cc2ccc(O)c(O)c2)[C@@H](O)[C@@H](O)[C@H]1O. The van der Waals surface area contributed by atoms with Crippen molar-refractivity contribution >= 4 is 24.1 Å². The molecule has 5 atom stereocenters. The highest BCUT2D eigenvalue weighted by Gasteiger charge is 2.45. The minimum Gasteiger partial charge on any atom is -0.508 e. The Bertz CT molecular complexity index is 1090. The first-order valence-corrected chi connectivity index (χ1v) is 10.4. The molecule has 0 spiro atoms. The lowest BCUT2D eigenvalue weighted by Gasteiger charge is -2.39. The zero-order valence-electron chi connectivity index (χ0n) is 18.2. The number of esters is 2. The summed E-state index contributed by atoms with van der Waals surface area (Å²) in [6, 6.07) is 9.87. The third-order valence-corrected chi connectivity index (χ3v) is 5.01. The molecule has 11 heteroatoms. The smallest absolute Gasteiger partial charge is 0.333 e. The Hall–Kier alpha value is -3.90. The van der Waals surface area contributed by atoms with Gasteiger partial charge in [0.2, 0.25) is 6.29 Å². The zero-order chi connectivity index (χ0) is 25.5. The Morgan fingerprint density at radius 3 is 2.11 bits per heavy atom. The predicted octanol–water partition coefficient (Wildman–Crippen LogP) is 0.424. The molecule has 0 bridgehead atoms. The molecule has 1 fully saturated rings. The summed E-state index contributed by atoms with van der Waals surface area (Å²) in [5.41, 5.74) is 0.984. The summed E-state index contributed by atoms with van der Waals surface area (Å²) in [5, 5.41) is 58.4. The number of hydrogen-bond donors (Lipinski definition) is 6. The van der Waals surface area contributed by atoms with Crippen molar-refractivity contribution in [2.24, 2.45) is 0 Å². The first kappa shape index (κ1) is 25.7. The van der Waals surface area contributed by atoms with Crippen molar-refractivity contribution in [3.63, 3.8) is 0 Å². The Labute approximate surface area is 199 Å². The number of phenolic OH excluding ortho intramolecular Hbond substituents is 3. The molecule has 6 N–H and O–H groups in total. The van der Waals surface area contributed by atoms with E-state index in [-0.39, 0.29) is 17.2 Å². The van der Waals surface area contributed by atoms with E-state index in [9.17, 15) is 40.2 Å². The van der Waals surface area contributed by atoms with Crippen LogP contribution in [-0.2, 0) is 23.8 Å². The van der Waals surface area contributed by atoms with Gasteiger partial charge < -0.3 is 44.8 Å². The Morgan fingerprint density at radius 1 is 0.800 bits per heavy atom. The van der Waals surface area contributed by atoms with Crippen molar-refractivity contribution in [1.82, 2.24) is 0 Å². The first-order valence-electron chi connectivity index (χ1n) is 10.4. The summed E-state index contributed by atoms with van der Waals surface area (Å²) in [5.74, 6) is -2.42. The third kappa shape index (κ3) is 7.04. The van der Waals surface area contributed by atoms with Crippen LogP contribution in [0.3, 0.4) is 0 Å². The number of rotatable bonds is 7. The van der Waals surface area contributed by atoms with E-state index in [0.29, 0.717) is 11.1 Å². The van der Waals surface area contributed by atoms with Crippen LogP contribution in [-0.4, -0.2) is 79.9 Å². The van der Waals surface area contributed by atoms with Gasteiger partial charge in [-0.15, -0.1) is 0 Å². The van der Waals surface area contributed by atoms with Gasteiger partial charge in [0, 0.05) is 12.2 Å². The summed E-state index contributed by atoms with van der Waals surface area (Å²) < 4.78 is 15.3. The van der Waals surface area contributed by atoms with Crippen molar-refractivity contribution < 1.29 is 54.4 Å². The fraction of sp³-hybridized carbons (Fsp3) is 0.250. The summed E-state index contributed by atoms with van der Waals surface area (Å²) in [6.45, 7) is -0.514. The van der Waals surface area contributed by atoms with E-state index in [2.05, 4.69) is 0 Å². The largest absolute Gasteiger partial charge is 0.508 e. The second-order valence-electron chi connectivity index (χ2n) is 7.59. The molecule has 0 aliphatic carbocycles. The highest BCUT2D eigenvalue weighted by Crippen LogP contribution is 2.26. The van der Waals surface area contributed by atoms with Gasteiger partial charge in [0.15, 0.2) is 11.5 Å². The molecular weight excluding hydrogens is 464 g/mol. The first-order chi connectivity index (χ1) is 16.6. The van der Waals surface area contributed by atoms with Gasteiger partial charge in [0.1, 0.15) is 36.8 Å². The average molecular weight is 488 g/mol. The number of phenols is 3. The number of carbonyl (C=O) groups excluding carboxylic acids is 2. The minimum atomic E-state index is -1.78. The van der Waals surface area contributed by atoms with Crippen LogP contribution in [0.5, 0.6) is 17.2 Å². The van der Waals surface area contributed by atoms with Crippen LogP contribution < -0.4 is 0 Å². The number of benzene rings is 2. The van der Waals surface area contributed by atoms with Gasteiger partial charge >= 0.3 is 11.9 Å². The van der Waals surface area contributed by atoms with Crippen LogP contribution in [0.25, 0.3) is 12.2 Å². The fourth-order valence-corrected chi connectivity index (χ4v) is 3.08. The van der Waals surface area contributed by atoms with E-state index in [1.165, 1.54) is 42.5 Å². The van der Waals surface area contributed by atoms with Crippen molar-refractivity contribution in [3.8, 4) is 17.2 Å². The van der Waals surface area contributed by atoms with Crippen molar-refractivity contribution in [2.45, 2.75) is 30.7 Å². The molecule has 1 heterocycles. The monoisotopic (exact) mass is 488 g/mol. The van der Waals surface area contributed by atoms with Gasteiger partial charge in [-0.1, -0.05) is 18.2 Å². The molecule has 1 saturated heterocycles. The topological polar surface area (TPSA) is 183 Å². The maximum absolute atomic E-state index is 12.1. The molecule has 3 rings (SSSR count). The number of hydrogen-bond acceptors (Lipinski definition) is 11. The molecule has 0 aromatic heterocycles. The molecule has 0 saturated carbocycles. The van der Waals surface area contributed by atoms with Gasteiger partial charge in [0.05, 0.1) is 0 Å².